The van der Waals surface area contributed by atoms with Gasteiger partial charge in [0.1, 0.15) is 0 Å². The molecule has 0 spiro atoms. The van der Waals surface area contributed by atoms with Crippen molar-refractivity contribution in [2.24, 2.45) is 0 Å². The molecule has 0 saturated carbocycles. The summed E-state index contributed by atoms with van der Waals surface area (Å²) < 4.78 is -0.722. The predicted octanol–water partition coefficient (Wildman–Crippen LogP) is 2.68. The molecule has 0 aromatic carbocycles. The lowest BCUT2D eigenvalue weighted by Crippen LogP contribution is -2.05. The summed E-state index contributed by atoms with van der Waals surface area (Å²) in [7, 11) is 0. The van der Waals surface area contributed by atoms with E-state index in [2.05, 4.69) is 0 Å². The molecule has 0 amide bonds. The van der Waals surface area contributed by atoms with Gasteiger partial charge in [-0.05, 0) is 18.6 Å². The maximum Gasteiger partial charge on any atom is 0.157 e. The molecule has 2 heteroatoms. The molecule has 0 N–H and O–H groups in total. The van der Waals surface area contributed by atoms with Gasteiger partial charge in [0, 0.05) is 0 Å². The standard InChI is InChI=1S/C6H6Cl2/c1-5-3-2-4-6(5,7)8/h2-4H,1H3. The van der Waals surface area contributed by atoms with Gasteiger partial charge in [0.2, 0.25) is 0 Å². The second kappa shape index (κ2) is 1.78. The zero-order valence-electron chi connectivity index (χ0n) is 4.49. The van der Waals surface area contributed by atoms with Crippen LogP contribution >= 0.6 is 23.2 Å². The van der Waals surface area contributed by atoms with Crippen LogP contribution in [0.15, 0.2) is 23.8 Å². The van der Waals surface area contributed by atoms with Crippen LogP contribution in [0, 0.1) is 0 Å². The Hall–Kier alpha value is 0.0600. The Bertz CT molecular complexity index is 154. The minimum Gasteiger partial charge on any atom is -0.0920 e. The van der Waals surface area contributed by atoms with Crippen LogP contribution in [0.3, 0.4) is 0 Å². The third-order valence-corrected chi connectivity index (χ3v) is 2.03. The average Bonchev–Trinajstić information content (AvgIpc) is 1.86. The zero-order valence-corrected chi connectivity index (χ0v) is 6.00. The van der Waals surface area contributed by atoms with Gasteiger partial charge in [-0.1, -0.05) is 35.4 Å². The van der Waals surface area contributed by atoms with Crippen LogP contribution in [0.2, 0.25) is 0 Å². The van der Waals surface area contributed by atoms with Crippen molar-refractivity contribution in [3.8, 4) is 0 Å². The van der Waals surface area contributed by atoms with Gasteiger partial charge in [-0.15, -0.1) is 0 Å². The predicted molar refractivity (Wildman–Crippen MR) is 37.3 cm³/mol. The Kier molecular flexibility index (Phi) is 1.38. The van der Waals surface area contributed by atoms with Crippen molar-refractivity contribution in [2.75, 3.05) is 0 Å². The van der Waals surface area contributed by atoms with Gasteiger partial charge in [0.05, 0.1) is 0 Å². The van der Waals surface area contributed by atoms with Crippen molar-refractivity contribution in [2.45, 2.75) is 11.3 Å². The summed E-state index contributed by atoms with van der Waals surface area (Å²) in [6.07, 6.45) is 5.51. The Morgan fingerprint density at radius 3 is 2.25 bits per heavy atom. The highest BCUT2D eigenvalue weighted by molar-refractivity contribution is 6.52. The Labute approximate surface area is 58.8 Å². The average molecular weight is 149 g/mol. The van der Waals surface area contributed by atoms with E-state index in [1.807, 2.05) is 19.1 Å². The molecular formula is C6H6Cl2. The van der Waals surface area contributed by atoms with E-state index >= 15 is 0 Å². The van der Waals surface area contributed by atoms with Crippen LogP contribution < -0.4 is 0 Å². The van der Waals surface area contributed by atoms with E-state index in [4.69, 9.17) is 23.2 Å². The van der Waals surface area contributed by atoms with Crippen molar-refractivity contribution < 1.29 is 0 Å². The summed E-state index contributed by atoms with van der Waals surface area (Å²) in [4.78, 5) is 0. The summed E-state index contributed by atoms with van der Waals surface area (Å²) in [5.41, 5.74) is 0.987. The van der Waals surface area contributed by atoms with E-state index in [-0.39, 0.29) is 0 Å². The number of hydrogen-bond donors (Lipinski definition) is 0. The highest BCUT2D eigenvalue weighted by atomic mass is 35.5. The summed E-state index contributed by atoms with van der Waals surface area (Å²) in [5.74, 6) is 0. The highest BCUT2D eigenvalue weighted by Gasteiger charge is 2.24. The fourth-order valence-corrected chi connectivity index (χ4v) is 0.827. The molecule has 1 aliphatic rings. The molecule has 0 heterocycles. The van der Waals surface area contributed by atoms with Crippen molar-refractivity contribution in [3.05, 3.63) is 23.8 Å². The third kappa shape index (κ3) is 0.910. The van der Waals surface area contributed by atoms with Crippen LogP contribution in [-0.2, 0) is 0 Å². The number of halogens is 2. The smallest absolute Gasteiger partial charge is 0.0920 e. The molecule has 0 radical (unpaired) electrons. The van der Waals surface area contributed by atoms with Crippen LogP contribution in [0.5, 0.6) is 0 Å². The molecule has 1 rings (SSSR count). The maximum absolute atomic E-state index is 5.73. The molecule has 0 atom stereocenters. The minimum absolute atomic E-state index is 0.722. The van der Waals surface area contributed by atoms with E-state index in [1.165, 1.54) is 0 Å². The van der Waals surface area contributed by atoms with Gasteiger partial charge in [-0.2, -0.15) is 0 Å². The summed E-state index contributed by atoms with van der Waals surface area (Å²) in [6.45, 7) is 1.90. The first-order valence-corrected chi connectivity index (χ1v) is 3.13. The maximum atomic E-state index is 5.73. The minimum atomic E-state index is -0.722. The molecule has 0 aromatic rings. The van der Waals surface area contributed by atoms with E-state index in [1.54, 1.807) is 6.08 Å². The zero-order chi connectivity index (χ0) is 6.20. The van der Waals surface area contributed by atoms with Gasteiger partial charge < -0.3 is 0 Å². The van der Waals surface area contributed by atoms with Crippen LogP contribution in [0.25, 0.3) is 0 Å². The number of allylic oxidation sites excluding steroid dienone is 4. The quantitative estimate of drug-likeness (QED) is 0.464. The largest absolute Gasteiger partial charge is 0.157 e. The van der Waals surface area contributed by atoms with Crippen LogP contribution in [0.1, 0.15) is 6.92 Å². The van der Waals surface area contributed by atoms with Crippen molar-refractivity contribution >= 4 is 23.2 Å². The number of rotatable bonds is 0. The Morgan fingerprint density at radius 1 is 1.50 bits per heavy atom. The van der Waals surface area contributed by atoms with Crippen LogP contribution in [-0.4, -0.2) is 4.33 Å². The molecule has 1 aliphatic carbocycles. The topological polar surface area (TPSA) is 0 Å². The van der Waals surface area contributed by atoms with E-state index in [0.717, 1.165) is 5.57 Å². The van der Waals surface area contributed by atoms with E-state index in [0.29, 0.717) is 0 Å². The summed E-state index contributed by atoms with van der Waals surface area (Å²) in [6, 6.07) is 0. The van der Waals surface area contributed by atoms with Crippen molar-refractivity contribution in [1.82, 2.24) is 0 Å². The normalized spacial score (nSPS) is 23.6. The van der Waals surface area contributed by atoms with Crippen LogP contribution in [0.4, 0.5) is 0 Å². The second-order valence-electron chi connectivity index (χ2n) is 1.83. The lowest BCUT2D eigenvalue weighted by Gasteiger charge is -2.09. The summed E-state index contributed by atoms with van der Waals surface area (Å²) in [5, 5.41) is 0. The van der Waals surface area contributed by atoms with Crippen molar-refractivity contribution in [3.63, 3.8) is 0 Å². The first-order valence-electron chi connectivity index (χ1n) is 2.37. The van der Waals surface area contributed by atoms with Crippen molar-refractivity contribution in [1.29, 1.82) is 0 Å². The summed E-state index contributed by atoms with van der Waals surface area (Å²) >= 11 is 11.5. The Balaban J connectivity index is 2.87. The van der Waals surface area contributed by atoms with Gasteiger partial charge in [0.15, 0.2) is 4.33 Å². The van der Waals surface area contributed by atoms with Gasteiger partial charge in [0.25, 0.3) is 0 Å². The fraction of sp³-hybridized carbons (Fsp3) is 0.333. The molecule has 0 nitrogen and oxygen atoms in total. The molecule has 0 bridgehead atoms. The fourth-order valence-electron chi connectivity index (χ4n) is 0.556. The lowest BCUT2D eigenvalue weighted by atomic mass is 10.3. The van der Waals surface area contributed by atoms with Gasteiger partial charge in [-0.25, -0.2) is 0 Å². The van der Waals surface area contributed by atoms with Gasteiger partial charge >= 0.3 is 0 Å². The first-order chi connectivity index (χ1) is 3.63. The molecule has 0 fully saturated rings. The lowest BCUT2D eigenvalue weighted by molar-refractivity contribution is 1.16. The molecule has 8 heavy (non-hydrogen) atoms. The monoisotopic (exact) mass is 148 g/mol. The molecule has 44 valence electrons. The highest BCUT2D eigenvalue weighted by Crippen LogP contribution is 2.34. The number of alkyl halides is 2. The third-order valence-electron chi connectivity index (χ3n) is 1.18. The molecular weight excluding hydrogens is 143 g/mol. The Morgan fingerprint density at radius 2 is 2.12 bits per heavy atom. The van der Waals surface area contributed by atoms with E-state index in [9.17, 15) is 0 Å². The number of hydrogen-bond acceptors (Lipinski definition) is 0. The molecule has 0 unspecified atom stereocenters. The first kappa shape index (κ1) is 6.18. The van der Waals surface area contributed by atoms with Gasteiger partial charge in [-0.3, -0.25) is 0 Å². The second-order valence-corrected chi connectivity index (χ2v) is 3.22. The molecule has 0 aromatic heterocycles. The van der Waals surface area contributed by atoms with E-state index < -0.39 is 4.33 Å². The molecule has 0 saturated heterocycles. The SMILES string of the molecule is CC1=CC=CC1(Cl)Cl. The molecule has 0 aliphatic heterocycles.